The normalized spacial score (nSPS) is 11.7. The molecule has 1 aromatic carbocycles. The Kier molecular flexibility index (Phi) is 6.76. The van der Waals surface area contributed by atoms with Crippen LogP contribution in [0.15, 0.2) is 46.0 Å². The van der Waals surface area contributed by atoms with Gasteiger partial charge < -0.3 is 14.6 Å². The molecule has 0 saturated carbocycles. The summed E-state index contributed by atoms with van der Waals surface area (Å²) in [6.45, 7) is 3.91. The summed E-state index contributed by atoms with van der Waals surface area (Å²) in [5, 5.41) is 6.10. The number of carbonyl (C=O) groups is 1. The second-order valence-electron chi connectivity index (χ2n) is 6.13. The first kappa shape index (κ1) is 19.9. The molecule has 142 valence electrons. The topological polar surface area (TPSA) is 102 Å². The van der Waals surface area contributed by atoms with Gasteiger partial charge in [-0.25, -0.2) is 8.42 Å². The second kappa shape index (κ2) is 8.81. The van der Waals surface area contributed by atoms with Crippen LogP contribution in [0.2, 0.25) is 0 Å². The lowest BCUT2D eigenvalue weighted by Gasteiger charge is -2.22. The summed E-state index contributed by atoms with van der Waals surface area (Å²) in [6, 6.07) is 7.55. The van der Waals surface area contributed by atoms with E-state index in [1.165, 1.54) is 35.9 Å². The summed E-state index contributed by atoms with van der Waals surface area (Å²) in [7, 11) is -2.32. The lowest BCUT2D eigenvalue weighted by Crippen LogP contribution is -2.39. The first-order valence-corrected chi connectivity index (χ1v) is 9.61. The first-order valence-electron chi connectivity index (χ1n) is 8.17. The van der Waals surface area contributed by atoms with Gasteiger partial charge in [0.05, 0.1) is 18.6 Å². The van der Waals surface area contributed by atoms with Crippen molar-refractivity contribution in [3.05, 3.63) is 36.6 Å². The number of amides is 1. The Hall–Kier alpha value is -2.39. The van der Waals surface area contributed by atoms with Crippen LogP contribution in [0.5, 0.6) is 5.75 Å². The Balaban J connectivity index is 2.19. The van der Waals surface area contributed by atoms with Gasteiger partial charge in [-0.15, -0.1) is 0 Å². The smallest absolute Gasteiger partial charge is 0.243 e. The lowest BCUT2D eigenvalue weighted by molar-refractivity contribution is -0.116. The average molecular weight is 381 g/mol. The van der Waals surface area contributed by atoms with Crippen molar-refractivity contribution in [2.24, 2.45) is 5.92 Å². The maximum atomic E-state index is 13.0. The van der Waals surface area contributed by atoms with E-state index in [1.807, 2.05) is 13.8 Å². The van der Waals surface area contributed by atoms with Gasteiger partial charge in [0.2, 0.25) is 15.9 Å². The molecule has 1 aromatic heterocycles. The monoisotopic (exact) mass is 381 g/mol. The molecule has 0 atom stereocenters. The molecular weight excluding hydrogens is 358 g/mol. The van der Waals surface area contributed by atoms with Crippen LogP contribution in [-0.4, -0.2) is 44.0 Å². The van der Waals surface area contributed by atoms with Gasteiger partial charge in [-0.1, -0.05) is 19.0 Å². The SMILES string of the molecule is COc1ccc(S(=O)(=O)N(CCC(C)C)CC(=O)Nc2ccon2)cc1. The highest BCUT2D eigenvalue weighted by Gasteiger charge is 2.27. The van der Waals surface area contributed by atoms with Crippen LogP contribution in [0.3, 0.4) is 0 Å². The number of hydrogen-bond donors (Lipinski definition) is 1. The van der Waals surface area contributed by atoms with Gasteiger partial charge in [0, 0.05) is 12.6 Å². The van der Waals surface area contributed by atoms with Gasteiger partial charge in [-0.2, -0.15) is 4.31 Å². The van der Waals surface area contributed by atoms with Gasteiger partial charge in [-0.3, -0.25) is 4.79 Å². The lowest BCUT2D eigenvalue weighted by atomic mass is 10.1. The molecule has 0 aliphatic rings. The molecule has 0 saturated heterocycles. The highest BCUT2D eigenvalue weighted by molar-refractivity contribution is 7.89. The van der Waals surface area contributed by atoms with Crippen LogP contribution in [0.1, 0.15) is 20.3 Å². The third-order valence-corrected chi connectivity index (χ3v) is 5.54. The van der Waals surface area contributed by atoms with E-state index in [0.29, 0.717) is 18.1 Å². The predicted molar refractivity (Wildman–Crippen MR) is 96.3 cm³/mol. The Morgan fingerprint density at radius 3 is 2.50 bits per heavy atom. The minimum Gasteiger partial charge on any atom is -0.497 e. The minimum absolute atomic E-state index is 0.108. The number of nitrogens with one attached hydrogen (secondary N) is 1. The highest BCUT2D eigenvalue weighted by atomic mass is 32.2. The zero-order valence-corrected chi connectivity index (χ0v) is 15.8. The number of benzene rings is 1. The number of rotatable bonds is 9. The average Bonchev–Trinajstić information content (AvgIpc) is 3.11. The minimum atomic E-state index is -3.82. The molecular formula is C17H23N3O5S. The Labute approximate surface area is 153 Å². The van der Waals surface area contributed by atoms with E-state index >= 15 is 0 Å². The van der Waals surface area contributed by atoms with Crippen LogP contribution in [-0.2, 0) is 14.8 Å². The highest BCUT2D eigenvalue weighted by Crippen LogP contribution is 2.20. The predicted octanol–water partition coefficient (Wildman–Crippen LogP) is 2.36. The van der Waals surface area contributed by atoms with Crippen molar-refractivity contribution in [1.29, 1.82) is 0 Å². The van der Waals surface area contributed by atoms with E-state index in [4.69, 9.17) is 4.74 Å². The second-order valence-corrected chi connectivity index (χ2v) is 8.07. The number of sulfonamides is 1. The van der Waals surface area contributed by atoms with E-state index in [1.54, 1.807) is 12.1 Å². The molecule has 0 fully saturated rings. The summed E-state index contributed by atoms with van der Waals surface area (Å²) < 4.78 is 36.8. The quantitative estimate of drug-likeness (QED) is 0.715. The fourth-order valence-electron chi connectivity index (χ4n) is 2.20. The molecule has 8 nitrogen and oxygen atoms in total. The van der Waals surface area contributed by atoms with Gasteiger partial charge in [-0.05, 0) is 36.6 Å². The maximum Gasteiger partial charge on any atom is 0.243 e. The molecule has 2 aromatic rings. The van der Waals surface area contributed by atoms with Crippen LogP contribution < -0.4 is 10.1 Å². The summed E-state index contributed by atoms with van der Waals surface area (Å²) in [4.78, 5) is 12.3. The van der Waals surface area contributed by atoms with E-state index in [-0.39, 0.29) is 23.8 Å². The van der Waals surface area contributed by atoms with Crippen molar-refractivity contribution in [3.8, 4) is 5.75 Å². The van der Waals surface area contributed by atoms with E-state index in [2.05, 4.69) is 15.0 Å². The molecule has 2 rings (SSSR count). The largest absolute Gasteiger partial charge is 0.497 e. The van der Waals surface area contributed by atoms with Crippen molar-refractivity contribution in [2.75, 3.05) is 25.5 Å². The van der Waals surface area contributed by atoms with E-state index in [0.717, 1.165) is 0 Å². The van der Waals surface area contributed by atoms with Crippen LogP contribution >= 0.6 is 0 Å². The molecule has 0 aliphatic heterocycles. The van der Waals surface area contributed by atoms with Gasteiger partial charge in [0.15, 0.2) is 5.82 Å². The van der Waals surface area contributed by atoms with Crippen molar-refractivity contribution in [3.63, 3.8) is 0 Å². The van der Waals surface area contributed by atoms with Crippen molar-refractivity contribution < 1.29 is 22.5 Å². The number of carbonyl (C=O) groups excluding carboxylic acids is 1. The summed E-state index contributed by atoms with van der Waals surface area (Å²) in [5.41, 5.74) is 0. The summed E-state index contributed by atoms with van der Waals surface area (Å²) in [5.74, 6) is 0.601. The maximum absolute atomic E-state index is 13.0. The van der Waals surface area contributed by atoms with Crippen LogP contribution in [0, 0.1) is 5.92 Å². The molecule has 0 unspecified atom stereocenters. The first-order chi connectivity index (χ1) is 12.3. The summed E-state index contributed by atoms with van der Waals surface area (Å²) >= 11 is 0. The molecule has 26 heavy (non-hydrogen) atoms. The van der Waals surface area contributed by atoms with E-state index in [9.17, 15) is 13.2 Å². The van der Waals surface area contributed by atoms with Gasteiger partial charge in [0.25, 0.3) is 0 Å². The molecule has 0 spiro atoms. The number of nitrogens with zero attached hydrogens (tertiary/aromatic N) is 2. The third kappa shape index (κ3) is 5.30. The van der Waals surface area contributed by atoms with Crippen molar-refractivity contribution in [2.45, 2.75) is 25.2 Å². The van der Waals surface area contributed by atoms with Crippen LogP contribution in [0.4, 0.5) is 5.82 Å². The van der Waals surface area contributed by atoms with Gasteiger partial charge >= 0.3 is 0 Å². The zero-order chi connectivity index (χ0) is 19.2. The molecule has 0 radical (unpaired) electrons. The van der Waals surface area contributed by atoms with Crippen LogP contribution in [0.25, 0.3) is 0 Å². The fourth-order valence-corrected chi connectivity index (χ4v) is 3.61. The number of methoxy groups -OCH3 is 1. The summed E-state index contributed by atoms with van der Waals surface area (Å²) in [6.07, 6.45) is 1.95. The van der Waals surface area contributed by atoms with Crippen molar-refractivity contribution in [1.82, 2.24) is 9.46 Å². The molecule has 1 N–H and O–H groups in total. The number of anilines is 1. The number of aromatic nitrogens is 1. The van der Waals surface area contributed by atoms with Crippen molar-refractivity contribution >= 4 is 21.7 Å². The molecule has 9 heteroatoms. The molecule has 1 amide bonds. The number of ether oxygens (including phenoxy) is 1. The van der Waals surface area contributed by atoms with E-state index < -0.39 is 15.9 Å². The zero-order valence-electron chi connectivity index (χ0n) is 15.0. The van der Waals surface area contributed by atoms with Gasteiger partial charge in [0.1, 0.15) is 12.0 Å². The Morgan fingerprint density at radius 1 is 1.27 bits per heavy atom. The Bertz CT molecular complexity index is 801. The Morgan fingerprint density at radius 2 is 1.96 bits per heavy atom. The fraction of sp³-hybridized carbons (Fsp3) is 0.412. The third-order valence-electron chi connectivity index (χ3n) is 3.68. The molecule has 0 bridgehead atoms. The molecule has 0 aliphatic carbocycles. The standard InChI is InChI=1S/C17H23N3O5S/c1-13(2)8-10-20(12-17(21)18-16-9-11-25-19-16)26(22,23)15-6-4-14(24-3)5-7-15/h4-7,9,11,13H,8,10,12H2,1-3H3,(H,18,19,21). The molecule has 1 heterocycles. The number of hydrogen-bond acceptors (Lipinski definition) is 6.